The summed E-state index contributed by atoms with van der Waals surface area (Å²) < 4.78 is 0. The van der Waals surface area contributed by atoms with Crippen LogP contribution in [0.2, 0.25) is 5.02 Å². The minimum absolute atomic E-state index is 0.102. The van der Waals surface area contributed by atoms with Crippen LogP contribution in [0.5, 0.6) is 0 Å². The molecule has 106 valence electrons. The maximum absolute atomic E-state index is 12.0. The summed E-state index contributed by atoms with van der Waals surface area (Å²) in [6.07, 6.45) is 0. The van der Waals surface area contributed by atoms with Crippen molar-refractivity contribution >= 4 is 23.2 Å². The van der Waals surface area contributed by atoms with E-state index in [2.05, 4.69) is 33.0 Å². The van der Waals surface area contributed by atoms with Gasteiger partial charge in [0.15, 0.2) is 0 Å². The van der Waals surface area contributed by atoms with E-state index < -0.39 is 0 Å². The van der Waals surface area contributed by atoms with E-state index >= 15 is 0 Å². The van der Waals surface area contributed by atoms with Crippen molar-refractivity contribution in [1.82, 2.24) is 5.32 Å². The molecule has 4 heteroatoms. The standard InChI is InChI=1S/C15H23ClN2O/c1-9(2)12(10(3)4)8-18-15(19)11-5-6-13(16)14(17)7-11/h5-7,9-10,12H,8,17H2,1-4H3,(H,18,19). The number of benzene rings is 1. The SMILES string of the molecule is CC(C)C(CNC(=O)c1ccc(Cl)c(N)c1)C(C)C. The van der Waals surface area contributed by atoms with Gasteiger partial charge in [-0.2, -0.15) is 0 Å². The number of halogens is 1. The largest absolute Gasteiger partial charge is 0.398 e. The Balaban J connectivity index is 2.66. The Hall–Kier alpha value is -1.22. The molecule has 0 atom stereocenters. The van der Waals surface area contributed by atoms with Crippen LogP contribution in [-0.2, 0) is 0 Å². The molecule has 0 aromatic heterocycles. The number of nitrogens with one attached hydrogen (secondary N) is 1. The minimum Gasteiger partial charge on any atom is -0.398 e. The summed E-state index contributed by atoms with van der Waals surface area (Å²) in [4.78, 5) is 12.0. The molecule has 1 aromatic rings. The highest BCUT2D eigenvalue weighted by atomic mass is 35.5. The predicted octanol–water partition coefficient (Wildman–Crippen LogP) is 3.58. The first-order valence-corrected chi connectivity index (χ1v) is 7.04. The molecule has 1 aromatic carbocycles. The molecule has 0 unspecified atom stereocenters. The number of hydrogen-bond acceptors (Lipinski definition) is 2. The Bertz CT molecular complexity index is 436. The van der Waals surface area contributed by atoms with Crippen molar-refractivity contribution in [3.8, 4) is 0 Å². The highest BCUT2D eigenvalue weighted by molar-refractivity contribution is 6.33. The second kappa shape index (κ2) is 6.80. The third-order valence-corrected chi connectivity index (χ3v) is 3.81. The van der Waals surface area contributed by atoms with Crippen LogP contribution in [0.15, 0.2) is 18.2 Å². The highest BCUT2D eigenvalue weighted by Crippen LogP contribution is 2.21. The molecule has 1 rings (SSSR count). The number of anilines is 1. The Morgan fingerprint density at radius 1 is 1.26 bits per heavy atom. The van der Waals surface area contributed by atoms with Gasteiger partial charge in [-0.25, -0.2) is 0 Å². The van der Waals surface area contributed by atoms with Gasteiger partial charge in [0.25, 0.3) is 5.91 Å². The van der Waals surface area contributed by atoms with Gasteiger partial charge in [-0.3, -0.25) is 4.79 Å². The van der Waals surface area contributed by atoms with E-state index in [0.29, 0.717) is 40.6 Å². The van der Waals surface area contributed by atoms with E-state index in [-0.39, 0.29) is 5.91 Å². The Morgan fingerprint density at radius 3 is 2.32 bits per heavy atom. The molecule has 0 heterocycles. The molecule has 0 spiro atoms. The highest BCUT2D eigenvalue weighted by Gasteiger charge is 2.18. The summed E-state index contributed by atoms with van der Waals surface area (Å²) in [6.45, 7) is 9.39. The molecule has 0 aliphatic heterocycles. The molecule has 0 saturated carbocycles. The zero-order valence-electron chi connectivity index (χ0n) is 12.0. The lowest BCUT2D eigenvalue weighted by atomic mass is 9.85. The average Bonchev–Trinajstić information content (AvgIpc) is 2.31. The third kappa shape index (κ3) is 4.43. The molecule has 3 N–H and O–H groups in total. The van der Waals surface area contributed by atoms with Crippen LogP contribution in [0.25, 0.3) is 0 Å². The van der Waals surface area contributed by atoms with Crippen molar-refractivity contribution in [3.63, 3.8) is 0 Å². The number of nitrogen functional groups attached to an aromatic ring is 1. The molecule has 19 heavy (non-hydrogen) atoms. The summed E-state index contributed by atoms with van der Waals surface area (Å²) in [6, 6.07) is 4.94. The van der Waals surface area contributed by atoms with Crippen LogP contribution in [-0.4, -0.2) is 12.5 Å². The molecule has 0 radical (unpaired) electrons. The van der Waals surface area contributed by atoms with Gasteiger partial charge < -0.3 is 11.1 Å². The average molecular weight is 283 g/mol. The molecular weight excluding hydrogens is 260 g/mol. The molecule has 0 saturated heterocycles. The second-order valence-electron chi connectivity index (χ2n) is 5.60. The van der Waals surface area contributed by atoms with Gasteiger partial charge >= 0.3 is 0 Å². The first-order valence-electron chi connectivity index (χ1n) is 6.66. The maximum atomic E-state index is 12.0. The van der Waals surface area contributed by atoms with Crippen LogP contribution in [0.4, 0.5) is 5.69 Å². The fourth-order valence-corrected chi connectivity index (χ4v) is 2.36. The van der Waals surface area contributed by atoms with Crippen molar-refractivity contribution in [2.75, 3.05) is 12.3 Å². The fourth-order valence-electron chi connectivity index (χ4n) is 2.24. The minimum atomic E-state index is -0.102. The van der Waals surface area contributed by atoms with Gasteiger partial charge in [0.2, 0.25) is 0 Å². The monoisotopic (exact) mass is 282 g/mol. The van der Waals surface area contributed by atoms with Crippen LogP contribution in [0, 0.1) is 17.8 Å². The van der Waals surface area contributed by atoms with Gasteiger partial charge in [0.1, 0.15) is 0 Å². The zero-order valence-corrected chi connectivity index (χ0v) is 12.8. The Labute approximate surface area is 120 Å². The third-order valence-electron chi connectivity index (χ3n) is 3.47. The lowest BCUT2D eigenvalue weighted by Gasteiger charge is -2.25. The fraction of sp³-hybridized carbons (Fsp3) is 0.533. The van der Waals surface area contributed by atoms with Crippen molar-refractivity contribution in [3.05, 3.63) is 28.8 Å². The van der Waals surface area contributed by atoms with E-state index in [4.69, 9.17) is 17.3 Å². The van der Waals surface area contributed by atoms with Crippen molar-refractivity contribution in [2.24, 2.45) is 17.8 Å². The van der Waals surface area contributed by atoms with E-state index in [1.54, 1.807) is 18.2 Å². The molecule has 1 amide bonds. The van der Waals surface area contributed by atoms with Crippen LogP contribution in [0.3, 0.4) is 0 Å². The van der Waals surface area contributed by atoms with E-state index in [1.807, 2.05) is 0 Å². The summed E-state index contributed by atoms with van der Waals surface area (Å²) in [5, 5.41) is 3.44. The maximum Gasteiger partial charge on any atom is 0.251 e. The molecule has 0 aliphatic carbocycles. The van der Waals surface area contributed by atoms with Gasteiger partial charge in [-0.15, -0.1) is 0 Å². The van der Waals surface area contributed by atoms with Crippen molar-refractivity contribution in [1.29, 1.82) is 0 Å². The number of hydrogen-bond donors (Lipinski definition) is 2. The summed E-state index contributed by atoms with van der Waals surface area (Å²) in [7, 11) is 0. The molecule has 3 nitrogen and oxygen atoms in total. The summed E-state index contributed by atoms with van der Waals surface area (Å²) in [5.74, 6) is 1.44. The summed E-state index contributed by atoms with van der Waals surface area (Å²) in [5.41, 5.74) is 6.68. The van der Waals surface area contributed by atoms with Crippen LogP contribution < -0.4 is 11.1 Å². The van der Waals surface area contributed by atoms with Gasteiger partial charge in [-0.05, 0) is 36.0 Å². The lowest BCUT2D eigenvalue weighted by Crippen LogP contribution is -2.33. The number of carbonyl (C=O) groups excluding carboxylic acids is 1. The van der Waals surface area contributed by atoms with Crippen molar-refractivity contribution < 1.29 is 4.79 Å². The van der Waals surface area contributed by atoms with Crippen LogP contribution >= 0.6 is 11.6 Å². The topological polar surface area (TPSA) is 55.1 Å². The number of nitrogens with two attached hydrogens (primary N) is 1. The van der Waals surface area contributed by atoms with Gasteiger partial charge in [-0.1, -0.05) is 39.3 Å². The van der Waals surface area contributed by atoms with E-state index in [1.165, 1.54) is 0 Å². The normalized spacial score (nSPS) is 11.4. The Morgan fingerprint density at radius 2 is 1.84 bits per heavy atom. The Kier molecular flexibility index (Phi) is 5.67. The smallest absolute Gasteiger partial charge is 0.251 e. The van der Waals surface area contributed by atoms with Gasteiger partial charge in [0, 0.05) is 12.1 Å². The number of carbonyl (C=O) groups is 1. The lowest BCUT2D eigenvalue weighted by molar-refractivity contribution is 0.0937. The molecule has 0 bridgehead atoms. The second-order valence-corrected chi connectivity index (χ2v) is 6.01. The summed E-state index contributed by atoms with van der Waals surface area (Å²) >= 11 is 5.84. The van der Waals surface area contributed by atoms with Gasteiger partial charge in [0.05, 0.1) is 10.7 Å². The van der Waals surface area contributed by atoms with E-state index in [9.17, 15) is 4.79 Å². The first kappa shape index (κ1) is 15.8. The number of amides is 1. The molecule has 0 fully saturated rings. The van der Waals surface area contributed by atoms with E-state index in [0.717, 1.165) is 0 Å². The quantitative estimate of drug-likeness (QED) is 0.811. The first-order chi connectivity index (χ1) is 8.82. The predicted molar refractivity (Wildman–Crippen MR) is 81.4 cm³/mol. The number of rotatable bonds is 5. The van der Waals surface area contributed by atoms with Crippen molar-refractivity contribution in [2.45, 2.75) is 27.7 Å². The molecular formula is C15H23ClN2O. The van der Waals surface area contributed by atoms with Crippen LogP contribution in [0.1, 0.15) is 38.1 Å². The molecule has 0 aliphatic rings. The zero-order chi connectivity index (χ0) is 14.6.